The summed E-state index contributed by atoms with van der Waals surface area (Å²) < 4.78 is 5.20. The van der Waals surface area contributed by atoms with Crippen LogP contribution in [0.2, 0.25) is 0 Å². The predicted octanol–water partition coefficient (Wildman–Crippen LogP) is 3.19. The summed E-state index contributed by atoms with van der Waals surface area (Å²) in [5, 5.41) is 26.4. The Morgan fingerprint density at radius 3 is 2.74 bits per heavy atom. The lowest BCUT2D eigenvalue weighted by molar-refractivity contribution is -0.384. The van der Waals surface area contributed by atoms with Crippen LogP contribution in [0.4, 0.5) is 23.1 Å². The standard InChI is InChI=1S/C17H19N5O5/c1-27-14-8-10(16(23)24)6-7-12(14)20-17-18-9-13(22(25)26)15(21-17)19-11-4-2-3-5-11/h6-9,11H,2-5H2,1H3,(H,23,24)(H2,18,19,20,21). The number of anilines is 3. The van der Waals surface area contributed by atoms with Crippen LogP contribution in [-0.2, 0) is 0 Å². The van der Waals surface area contributed by atoms with Gasteiger partial charge in [-0.05, 0) is 31.0 Å². The summed E-state index contributed by atoms with van der Waals surface area (Å²) in [6.07, 6.45) is 5.18. The molecule has 0 amide bonds. The average molecular weight is 373 g/mol. The number of hydrogen-bond acceptors (Lipinski definition) is 8. The Labute approximate surface area is 154 Å². The van der Waals surface area contributed by atoms with Crippen LogP contribution in [-0.4, -0.2) is 39.1 Å². The number of aromatic nitrogens is 2. The van der Waals surface area contributed by atoms with E-state index in [9.17, 15) is 14.9 Å². The van der Waals surface area contributed by atoms with Crippen LogP contribution in [0.25, 0.3) is 0 Å². The molecule has 1 aliphatic carbocycles. The topological polar surface area (TPSA) is 140 Å². The van der Waals surface area contributed by atoms with Crippen molar-refractivity contribution < 1.29 is 19.6 Å². The lowest BCUT2D eigenvalue weighted by Gasteiger charge is -2.14. The van der Waals surface area contributed by atoms with E-state index in [1.807, 2.05) is 0 Å². The van der Waals surface area contributed by atoms with Gasteiger partial charge in [0.1, 0.15) is 11.9 Å². The lowest BCUT2D eigenvalue weighted by atomic mass is 10.2. The number of nitrogens with one attached hydrogen (secondary N) is 2. The quantitative estimate of drug-likeness (QED) is 0.493. The number of methoxy groups -OCH3 is 1. The molecule has 0 saturated heterocycles. The van der Waals surface area contributed by atoms with Crippen molar-refractivity contribution in [2.24, 2.45) is 0 Å². The van der Waals surface area contributed by atoms with Gasteiger partial charge in [0.05, 0.1) is 23.3 Å². The molecule has 1 saturated carbocycles. The molecule has 27 heavy (non-hydrogen) atoms. The fourth-order valence-corrected chi connectivity index (χ4v) is 2.99. The molecule has 10 heteroatoms. The van der Waals surface area contributed by atoms with Gasteiger partial charge in [-0.15, -0.1) is 0 Å². The Balaban J connectivity index is 1.88. The molecule has 0 atom stereocenters. The van der Waals surface area contributed by atoms with E-state index in [4.69, 9.17) is 9.84 Å². The largest absolute Gasteiger partial charge is 0.495 e. The highest BCUT2D eigenvalue weighted by molar-refractivity contribution is 5.89. The number of carboxylic acids is 1. The molecule has 3 rings (SSSR count). The minimum absolute atomic E-state index is 0.0746. The van der Waals surface area contributed by atoms with Gasteiger partial charge in [-0.2, -0.15) is 4.98 Å². The zero-order valence-corrected chi connectivity index (χ0v) is 14.6. The minimum atomic E-state index is -1.07. The predicted molar refractivity (Wildman–Crippen MR) is 97.8 cm³/mol. The summed E-state index contributed by atoms with van der Waals surface area (Å²) in [5.41, 5.74) is 0.328. The number of benzene rings is 1. The van der Waals surface area contributed by atoms with Crippen LogP contribution in [0, 0.1) is 10.1 Å². The molecule has 3 N–H and O–H groups in total. The number of hydrogen-bond donors (Lipinski definition) is 3. The van der Waals surface area contributed by atoms with Crippen molar-refractivity contribution in [1.82, 2.24) is 9.97 Å². The number of nitrogens with zero attached hydrogens (tertiary/aromatic N) is 3. The van der Waals surface area contributed by atoms with E-state index < -0.39 is 10.9 Å². The van der Waals surface area contributed by atoms with Gasteiger partial charge < -0.3 is 20.5 Å². The second-order valence-corrected chi connectivity index (χ2v) is 6.16. The van der Waals surface area contributed by atoms with Gasteiger partial charge in [0.15, 0.2) is 0 Å². The lowest BCUT2D eigenvalue weighted by Crippen LogP contribution is -2.17. The first-order valence-electron chi connectivity index (χ1n) is 8.44. The molecule has 0 unspecified atom stereocenters. The van der Waals surface area contributed by atoms with Gasteiger partial charge in [0, 0.05) is 6.04 Å². The minimum Gasteiger partial charge on any atom is -0.495 e. The zero-order valence-electron chi connectivity index (χ0n) is 14.6. The van der Waals surface area contributed by atoms with Crippen LogP contribution in [0.3, 0.4) is 0 Å². The zero-order chi connectivity index (χ0) is 19.4. The number of ether oxygens (including phenoxy) is 1. The molecule has 0 aliphatic heterocycles. The summed E-state index contributed by atoms with van der Waals surface area (Å²) in [6.45, 7) is 0. The van der Waals surface area contributed by atoms with Gasteiger partial charge >= 0.3 is 11.7 Å². The van der Waals surface area contributed by atoms with Crippen LogP contribution in [0.15, 0.2) is 24.4 Å². The summed E-state index contributed by atoms with van der Waals surface area (Å²) in [5.74, 6) is -0.482. The highest BCUT2D eigenvalue weighted by Crippen LogP contribution is 2.31. The molecule has 10 nitrogen and oxygen atoms in total. The Bertz CT molecular complexity index is 867. The van der Waals surface area contributed by atoms with E-state index in [0.717, 1.165) is 31.9 Å². The van der Waals surface area contributed by atoms with Crippen molar-refractivity contribution in [3.8, 4) is 5.75 Å². The molecule has 2 aromatic rings. The third-order valence-electron chi connectivity index (χ3n) is 4.36. The van der Waals surface area contributed by atoms with Crippen molar-refractivity contribution in [2.45, 2.75) is 31.7 Å². The van der Waals surface area contributed by atoms with Crippen molar-refractivity contribution >= 4 is 29.1 Å². The van der Waals surface area contributed by atoms with Gasteiger partial charge in [0.2, 0.25) is 11.8 Å². The molecule has 1 aliphatic rings. The first-order valence-corrected chi connectivity index (χ1v) is 8.44. The molecule has 1 aromatic heterocycles. The van der Waals surface area contributed by atoms with Crippen molar-refractivity contribution in [3.05, 3.63) is 40.1 Å². The Morgan fingerprint density at radius 1 is 1.37 bits per heavy atom. The van der Waals surface area contributed by atoms with Crippen LogP contribution >= 0.6 is 0 Å². The fraction of sp³-hybridized carbons (Fsp3) is 0.353. The number of rotatable bonds is 7. The smallest absolute Gasteiger partial charge is 0.335 e. The molecule has 0 spiro atoms. The summed E-state index contributed by atoms with van der Waals surface area (Å²) in [7, 11) is 1.41. The third-order valence-corrected chi connectivity index (χ3v) is 4.36. The molecular formula is C17H19N5O5. The summed E-state index contributed by atoms with van der Waals surface area (Å²) in [4.78, 5) is 30.0. The normalized spacial score (nSPS) is 14.0. The second-order valence-electron chi connectivity index (χ2n) is 6.16. The molecule has 1 fully saturated rings. The maximum absolute atomic E-state index is 11.3. The molecule has 0 radical (unpaired) electrons. The molecule has 1 aromatic carbocycles. The van der Waals surface area contributed by atoms with E-state index in [0.29, 0.717) is 11.4 Å². The van der Waals surface area contributed by atoms with E-state index in [1.165, 1.54) is 25.3 Å². The SMILES string of the molecule is COc1cc(C(=O)O)ccc1Nc1ncc([N+](=O)[O-])c(NC2CCCC2)n1. The molecule has 142 valence electrons. The fourth-order valence-electron chi connectivity index (χ4n) is 2.99. The number of aromatic carboxylic acids is 1. The molecule has 1 heterocycles. The molecular weight excluding hydrogens is 354 g/mol. The van der Waals surface area contributed by atoms with Gasteiger partial charge in [0.25, 0.3) is 0 Å². The van der Waals surface area contributed by atoms with Crippen molar-refractivity contribution in [1.29, 1.82) is 0 Å². The number of carboxylic acid groups (broad SMARTS) is 1. The maximum Gasteiger partial charge on any atom is 0.335 e. The van der Waals surface area contributed by atoms with Gasteiger partial charge in [-0.3, -0.25) is 10.1 Å². The first-order chi connectivity index (χ1) is 13.0. The third kappa shape index (κ3) is 4.22. The summed E-state index contributed by atoms with van der Waals surface area (Å²) >= 11 is 0. The molecule has 0 bridgehead atoms. The second kappa shape index (κ2) is 7.85. The van der Waals surface area contributed by atoms with Crippen LogP contribution in [0.1, 0.15) is 36.0 Å². The average Bonchev–Trinajstić information content (AvgIpc) is 3.15. The summed E-state index contributed by atoms with van der Waals surface area (Å²) in [6, 6.07) is 4.46. The van der Waals surface area contributed by atoms with Crippen LogP contribution < -0.4 is 15.4 Å². The Kier molecular flexibility index (Phi) is 5.34. The monoisotopic (exact) mass is 373 g/mol. The number of nitro groups is 1. The highest BCUT2D eigenvalue weighted by atomic mass is 16.6. The van der Waals surface area contributed by atoms with Crippen LogP contribution in [0.5, 0.6) is 5.75 Å². The highest BCUT2D eigenvalue weighted by Gasteiger charge is 2.23. The first kappa shape index (κ1) is 18.4. The maximum atomic E-state index is 11.3. The Hall–Kier alpha value is -3.43. The van der Waals surface area contributed by atoms with E-state index >= 15 is 0 Å². The van der Waals surface area contributed by atoms with E-state index in [1.54, 1.807) is 0 Å². The van der Waals surface area contributed by atoms with Gasteiger partial charge in [-0.1, -0.05) is 12.8 Å². The van der Waals surface area contributed by atoms with Crippen molar-refractivity contribution in [2.75, 3.05) is 17.7 Å². The van der Waals surface area contributed by atoms with Crippen molar-refractivity contribution in [3.63, 3.8) is 0 Å². The van der Waals surface area contributed by atoms with E-state index in [-0.39, 0.29) is 29.1 Å². The van der Waals surface area contributed by atoms with Gasteiger partial charge in [-0.25, -0.2) is 9.78 Å². The number of carbonyl (C=O) groups is 1. The Morgan fingerprint density at radius 2 is 2.11 bits per heavy atom. The van der Waals surface area contributed by atoms with E-state index in [2.05, 4.69) is 20.6 Å².